The van der Waals surface area contributed by atoms with Gasteiger partial charge in [0.1, 0.15) is 5.75 Å². The molecule has 3 nitrogen and oxygen atoms in total. The summed E-state index contributed by atoms with van der Waals surface area (Å²) in [6.45, 7) is 3.12. The van der Waals surface area contributed by atoms with Gasteiger partial charge in [-0.3, -0.25) is 4.98 Å². The first kappa shape index (κ1) is 12.4. The molecule has 0 aliphatic carbocycles. The monoisotopic (exact) mass is 242 g/mol. The second-order valence-electron chi connectivity index (χ2n) is 4.06. The molecule has 0 bridgehead atoms. The molecular formula is C15H18N2O. The molecule has 0 unspecified atom stereocenters. The summed E-state index contributed by atoms with van der Waals surface area (Å²) in [5.74, 6) is 0.845. The zero-order chi connectivity index (χ0) is 12.8. The number of nitrogens with one attached hydrogen (secondary N) is 1. The van der Waals surface area contributed by atoms with Gasteiger partial charge in [-0.25, -0.2) is 0 Å². The van der Waals surface area contributed by atoms with E-state index >= 15 is 0 Å². The number of aromatic nitrogens is 1. The van der Waals surface area contributed by atoms with Gasteiger partial charge in [0, 0.05) is 24.0 Å². The third-order valence-electron chi connectivity index (χ3n) is 2.72. The summed E-state index contributed by atoms with van der Waals surface area (Å²) in [7, 11) is 1.68. The number of benzene rings is 1. The zero-order valence-electron chi connectivity index (χ0n) is 10.8. The van der Waals surface area contributed by atoms with Gasteiger partial charge in [-0.15, -0.1) is 0 Å². The minimum absolute atomic E-state index is 0.845. The van der Waals surface area contributed by atoms with Crippen LogP contribution in [-0.2, 0) is 0 Å². The number of hydrogen-bond donors (Lipinski definition) is 1. The Balaban J connectivity index is 2.32. The molecule has 1 N–H and O–H groups in total. The molecule has 3 heteroatoms. The van der Waals surface area contributed by atoms with Crippen LogP contribution in [0.2, 0.25) is 0 Å². The van der Waals surface area contributed by atoms with Crippen molar-refractivity contribution in [2.75, 3.05) is 19.0 Å². The van der Waals surface area contributed by atoms with Crippen molar-refractivity contribution in [3.8, 4) is 17.0 Å². The Bertz CT molecular complexity index is 511. The molecular weight excluding hydrogens is 224 g/mol. The Kier molecular flexibility index (Phi) is 4.18. The van der Waals surface area contributed by atoms with Crippen molar-refractivity contribution in [2.45, 2.75) is 13.3 Å². The molecule has 0 atom stereocenters. The number of ether oxygens (including phenoxy) is 1. The maximum atomic E-state index is 5.36. The van der Waals surface area contributed by atoms with E-state index in [1.165, 1.54) is 0 Å². The van der Waals surface area contributed by atoms with Crippen LogP contribution in [0, 0.1) is 0 Å². The summed E-state index contributed by atoms with van der Waals surface area (Å²) in [6, 6.07) is 11.9. The van der Waals surface area contributed by atoms with E-state index in [9.17, 15) is 0 Å². The molecule has 1 aromatic heterocycles. The number of nitrogens with zero attached hydrogens (tertiary/aromatic N) is 1. The largest absolute Gasteiger partial charge is 0.496 e. The van der Waals surface area contributed by atoms with Crippen LogP contribution < -0.4 is 10.1 Å². The summed E-state index contributed by atoms with van der Waals surface area (Å²) in [6.07, 6.45) is 2.92. The number of anilines is 1. The van der Waals surface area contributed by atoms with Gasteiger partial charge in [-0.2, -0.15) is 0 Å². The molecule has 0 fully saturated rings. The van der Waals surface area contributed by atoms with Crippen LogP contribution in [0.4, 0.5) is 5.69 Å². The van der Waals surface area contributed by atoms with E-state index in [4.69, 9.17) is 4.74 Å². The number of rotatable bonds is 5. The van der Waals surface area contributed by atoms with E-state index < -0.39 is 0 Å². The lowest BCUT2D eigenvalue weighted by Crippen LogP contribution is -2.00. The second-order valence-corrected chi connectivity index (χ2v) is 4.06. The first-order valence-corrected chi connectivity index (χ1v) is 6.18. The molecule has 0 amide bonds. The predicted molar refractivity (Wildman–Crippen MR) is 75.0 cm³/mol. The third-order valence-corrected chi connectivity index (χ3v) is 2.72. The first-order chi connectivity index (χ1) is 8.85. The average molecular weight is 242 g/mol. The molecule has 0 aliphatic rings. The van der Waals surface area contributed by atoms with Crippen LogP contribution in [-0.4, -0.2) is 18.6 Å². The maximum absolute atomic E-state index is 5.36. The lowest BCUT2D eigenvalue weighted by molar-refractivity contribution is 0.416. The summed E-state index contributed by atoms with van der Waals surface area (Å²) in [4.78, 5) is 4.41. The molecule has 94 valence electrons. The smallest absolute Gasteiger partial charge is 0.128 e. The molecule has 2 rings (SSSR count). The fourth-order valence-corrected chi connectivity index (χ4v) is 1.81. The molecule has 1 heterocycles. The van der Waals surface area contributed by atoms with Gasteiger partial charge in [0.25, 0.3) is 0 Å². The molecule has 0 spiro atoms. The minimum Gasteiger partial charge on any atom is -0.496 e. The quantitative estimate of drug-likeness (QED) is 0.870. The van der Waals surface area contributed by atoms with Gasteiger partial charge >= 0.3 is 0 Å². The number of methoxy groups -OCH3 is 1. The van der Waals surface area contributed by atoms with E-state index in [1.54, 1.807) is 7.11 Å². The van der Waals surface area contributed by atoms with E-state index in [2.05, 4.69) is 17.2 Å². The van der Waals surface area contributed by atoms with Crippen molar-refractivity contribution in [2.24, 2.45) is 0 Å². The zero-order valence-corrected chi connectivity index (χ0v) is 10.8. The molecule has 2 aromatic rings. The highest BCUT2D eigenvalue weighted by Gasteiger charge is 2.06. The summed E-state index contributed by atoms with van der Waals surface area (Å²) >= 11 is 0. The van der Waals surface area contributed by atoms with Crippen molar-refractivity contribution in [3.05, 3.63) is 42.6 Å². The van der Waals surface area contributed by atoms with Crippen LogP contribution in [0.25, 0.3) is 11.3 Å². The van der Waals surface area contributed by atoms with Crippen LogP contribution in [0.5, 0.6) is 5.75 Å². The van der Waals surface area contributed by atoms with Crippen LogP contribution in [0.1, 0.15) is 13.3 Å². The van der Waals surface area contributed by atoms with Crippen LogP contribution in [0.3, 0.4) is 0 Å². The van der Waals surface area contributed by atoms with E-state index in [0.29, 0.717) is 0 Å². The Morgan fingerprint density at radius 3 is 2.83 bits per heavy atom. The normalized spacial score (nSPS) is 10.1. The highest BCUT2D eigenvalue weighted by atomic mass is 16.5. The number of pyridine rings is 1. The average Bonchev–Trinajstić information content (AvgIpc) is 2.45. The number of para-hydroxylation sites is 1. The second kappa shape index (κ2) is 6.05. The lowest BCUT2D eigenvalue weighted by atomic mass is 10.1. The van der Waals surface area contributed by atoms with Crippen molar-refractivity contribution < 1.29 is 4.74 Å². The molecule has 0 aliphatic heterocycles. The van der Waals surface area contributed by atoms with E-state index in [0.717, 1.165) is 35.7 Å². The van der Waals surface area contributed by atoms with Crippen molar-refractivity contribution in [3.63, 3.8) is 0 Å². The molecule has 0 radical (unpaired) electrons. The van der Waals surface area contributed by atoms with Crippen molar-refractivity contribution in [1.29, 1.82) is 0 Å². The van der Waals surface area contributed by atoms with E-state index in [-0.39, 0.29) is 0 Å². The predicted octanol–water partition coefficient (Wildman–Crippen LogP) is 3.58. The Hall–Kier alpha value is -2.03. The van der Waals surface area contributed by atoms with Crippen molar-refractivity contribution >= 4 is 5.69 Å². The first-order valence-electron chi connectivity index (χ1n) is 6.18. The van der Waals surface area contributed by atoms with Gasteiger partial charge < -0.3 is 10.1 Å². The fourth-order valence-electron chi connectivity index (χ4n) is 1.81. The molecule has 0 saturated carbocycles. The molecule has 18 heavy (non-hydrogen) atoms. The fraction of sp³-hybridized carbons (Fsp3) is 0.267. The van der Waals surface area contributed by atoms with E-state index in [1.807, 2.05) is 42.6 Å². The van der Waals surface area contributed by atoms with Gasteiger partial charge in [0.05, 0.1) is 12.8 Å². The van der Waals surface area contributed by atoms with Gasteiger partial charge in [0.2, 0.25) is 0 Å². The maximum Gasteiger partial charge on any atom is 0.128 e. The van der Waals surface area contributed by atoms with Crippen LogP contribution in [0.15, 0.2) is 42.6 Å². The summed E-state index contributed by atoms with van der Waals surface area (Å²) in [5, 5.41) is 3.36. The standard InChI is InChI=1S/C15H18N2O/c1-3-9-16-12-8-10-17-14(11-12)13-6-4-5-7-15(13)18-2/h4-8,10-11H,3,9H2,1-2H3,(H,16,17). The Labute approximate surface area is 108 Å². The van der Waals surface area contributed by atoms with Crippen molar-refractivity contribution in [1.82, 2.24) is 4.98 Å². The SMILES string of the molecule is CCCNc1ccnc(-c2ccccc2OC)c1. The molecule has 0 saturated heterocycles. The highest BCUT2D eigenvalue weighted by molar-refractivity contribution is 5.69. The highest BCUT2D eigenvalue weighted by Crippen LogP contribution is 2.29. The molecule has 1 aromatic carbocycles. The summed E-state index contributed by atoms with van der Waals surface area (Å²) in [5.41, 5.74) is 3.03. The lowest BCUT2D eigenvalue weighted by Gasteiger charge is -2.09. The Morgan fingerprint density at radius 1 is 1.22 bits per heavy atom. The third kappa shape index (κ3) is 2.80. The van der Waals surface area contributed by atoms with Gasteiger partial charge in [0.15, 0.2) is 0 Å². The van der Waals surface area contributed by atoms with Crippen LogP contribution >= 0.6 is 0 Å². The Morgan fingerprint density at radius 2 is 2.06 bits per heavy atom. The minimum atomic E-state index is 0.845. The topological polar surface area (TPSA) is 34.2 Å². The number of hydrogen-bond acceptors (Lipinski definition) is 3. The summed E-state index contributed by atoms with van der Waals surface area (Å²) < 4.78 is 5.36. The van der Waals surface area contributed by atoms with Gasteiger partial charge in [-0.05, 0) is 30.7 Å². The van der Waals surface area contributed by atoms with Gasteiger partial charge in [-0.1, -0.05) is 19.1 Å².